The first-order valence-electron chi connectivity index (χ1n) is 7.59. The first-order chi connectivity index (χ1) is 9.20. The summed E-state index contributed by atoms with van der Waals surface area (Å²) in [7, 11) is 0. The van der Waals surface area contributed by atoms with Gasteiger partial charge in [0.25, 0.3) is 0 Å². The topological polar surface area (TPSA) is 36.4 Å². The van der Waals surface area contributed by atoms with Gasteiger partial charge in [0.15, 0.2) is 0 Å². The Bertz CT molecular complexity index is 375. The van der Waals surface area contributed by atoms with Gasteiger partial charge in [-0.2, -0.15) is 0 Å². The van der Waals surface area contributed by atoms with Gasteiger partial charge < -0.3 is 10.0 Å². The van der Waals surface area contributed by atoms with E-state index in [1.165, 1.54) is 37.8 Å². The lowest BCUT2D eigenvalue weighted by Gasteiger charge is -2.23. The second-order valence-corrected chi connectivity index (χ2v) is 5.69. The average Bonchev–Trinajstić information content (AvgIpc) is 2.65. The standard InChI is InChI=1S/C16H26N2O/c1-3-5-14-6-4-10-18(11-9-14)15-7-8-16(13(2)19)17-12-15/h7-8,12-14,19H,3-6,9-11H2,1-2H3/t13-,14?/m1/s1. The van der Waals surface area contributed by atoms with E-state index in [2.05, 4.69) is 22.9 Å². The molecule has 1 aromatic heterocycles. The molecule has 106 valence electrons. The molecule has 1 unspecified atom stereocenters. The van der Waals surface area contributed by atoms with Crippen molar-refractivity contribution in [3.05, 3.63) is 24.0 Å². The maximum atomic E-state index is 9.49. The summed E-state index contributed by atoms with van der Waals surface area (Å²) < 4.78 is 0. The fraction of sp³-hybridized carbons (Fsp3) is 0.688. The van der Waals surface area contributed by atoms with Crippen molar-refractivity contribution in [2.24, 2.45) is 5.92 Å². The molecule has 1 N–H and O–H groups in total. The van der Waals surface area contributed by atoms with Crippen LogP contribution in [0.2, 0.25) is 0 Å². The number of aromatic nitrogens is 1. The highest BCUT2D eigenvalue weighted by molar-refractivity contribution is 5.44. The number of aliphatic hydroxyl groups is 1. The minimum absolute atomic E-state index is 0.480. The largest absolute Gasteiger partial charge is 0.387 e. The number of hydrogen-bond donors (Lipinski definition) is 1. The third-order valence-corrected chi connectivity index (χ3v) is 4.11. The molecule has 2 rings (SSSR count). The molecule has 0 aliphatic carbocycles. The molecule has 1 aromatic rings. The van der Waals surface area contributed by atoms with Crippen molar-refractivity contribution < 1.29 is 5.11 Å². The highest BCUT2D eigenvalue weighted by Crippen LogP contribution is 2.25. The van der Waals surface area contributed by atoms with E-state index in [1.54, 1.807) is 6.92 Å². The highest BCUT2D eigenvalue weighted by atomic mass is 16.3. The summed E-state index contributed by atoms with van der Waals surface area (Å²) in [6.45, 7) is 6.31. The van der Waals surface area contributed by atoms with Gasteiger partial charge >= 0.3 is 0 Å². The fourth-order valence-corrected chi connectivity index (χ4v) is 2.95. The van der Waals surface area contributed by atoms with Gasteiger partial charge in [0.1, 0.15) is 0 Å². The van der Waals surface area contributed by atoms with Crippen LogP contribution in [0.15, 0.2) is 18.3 Å². The maximum Gasteiger partial charge on any atom is 0.0931 e. The summed E-state index contributed by atoms with van der Waals surface area (Å²) in [5.41, 5.74) is 1.95. The molecule has 0 amide bonds. The minimum Gasteiger partial charge on any atom is -0.387 e. The monoisotopic (exact) mass is 262 g/mol. The predicted molar refractivity (Wildman–Crippen MR) is 79.3 cm³/mol. The van der Waals surface area contributed by atoms with Crippen LogP contribution in [0.25, 0.3) is 0 Å². The van der Waals surface area contributed by atoms with Crippen molar-refractivity contribution in [2.75, 3.05) is 18.0 Å². The molecule has 3 nitrogen and oxygen atoms in total. The van der Waals surface area contributed by atoms with Crippen LogP contribution in [0.1, 0.15) is 57.7 Å². The average molecular weight is 262 g/mol. The molecule has 19 heavy (non-hydrogen) atoms. The van der Waals surface area contributed by atoms with E-state index < -0.39 is 6.10 Å². The van der Waals surface area contributed by atoms with Gasteiger partial charge in [0, 0.05) is 13.1 Å². The molecule has 1 fully saturated rings. The molecule has 0 radical (unpaired) electrons. The summed E-state index contributed by atoms with van der Waals surface area (Å²) in [5, 5.41) is 9.49. The second-order valence-electron chi connectivity index (χ2n) is 5.69. The molecule has 0 spiro atoms. The lowest BCUT2D eigenvalue weighted by Crippen LogP contribution is -2.24. The van der Waals surface area contributed by atoms with E-state index in [4.69, 9.17) is 0 Å². The summed E-state index contributed by atoms with van der Waals surface area (Å²) >= 11 is 0. The molecule has 1 aliphatic rings. The van der Waals surface area contributed by atoms with E-state index >= 15 is 0 Å². The van der Waals surface area contributed by atoms with Crippen LogP contribution in [0.4, 0.5) is 5.69 Å². The minimum atomic E-state index is -0.480. The molecular formula is C16H26N2O. The zero-order valence-corrected chi connectivity index (χ0v) is 12.2. The molecule has 0 bridgehead atoms. The molecular weight excluding hydrogens is 236 g/mol. The predicted octanol–water partition coefficient (Wildman–Crippen LogP) is 3.54. The molecule has 0 saturated carbocycles. The number of hydrogen-bond acceptors (Lipinski definition) is 3. The number of rotatable bonds is 4. The van der Waals surface area contributed by atoms with Gasteiger partial charge in [-0.15, -0.1) is 0 Å². The number of anilines is 1. The Labute approximate surface area is 116 Å². The fourth-order valence-electron chi connectivity index (χ4n) is 2.95. The Morgan fingerprint density at radius 3 is 2.84 bits per heavy atom. The van der Waals surface area contributed by atoms with Gasteiger partial charge in [-0.3, -0.25) is 4.98 Å². The summed E-state index contributed by atoms with van der Waals surface area (Å²) in [4.78, 5) is 6.79. The lowest BCUT2D eigenvalue weighted by atomic mass is 9.96. The Balaban J connectivity index is 1.97. The van der Waals surface area contributed by atoms with Crippen LogP contribution in [0.5, 0.6) is 0 Å². The van der Waals surface area contributed by atoms with E-state index in [0.717, 1.165) is 24.7 Å². The zero-order valence-electron chi connectivity index (χ0n) is 12.2. The van der Waals surface area contributed by atoms with Crippen LogP contribution in [-0.2, 0) is 0 Å². The molecule has 1 aliphatic heterocycles. The SMILES string of the molecule is CCCC1CCCN(c2ccc([C@@H](C)O)nc2)CC1. The molecule has 2 heterocycles. The van der Waals surface area contributed by atoms with Crippen molar-refractivity contribution in [3.8, 4) is 0 Å². The summed E-state index contributed by atoms with van der Waals surface area (Å²) in [6.07, 6.45) is 8.04. The third kappa shape index (κ3) is 3.93. The van der Waals surface area contributed by atoms with Crippen LogP contribution in [0.3, 0.4) is 0 Å². The number of nitrogens with zero attached hydrogens (tertiary/aromatic N) is 2. The van der Waals surface area contributed by atoms with E-state index in [0.29, 0.717) is 0 Å². The highest BCUT2D eigenvalue weighted by Gasteiger charge is 2.17. The van der Waals surface area contributed by atoms with Crippen molar-refractivity contribution in [1.82, 2.24) is 4.98 Å². The molecule has 2 atom stereocenters. The summed E-state index contributed by atoms with van der Waals surface area (Å²) in [5.74, 6) is 0.902. The second kappa shape index (κ2) is 6.90. The van der Waals surface area contributed by atoms with Gasteiger partial charge in [-0.25, -0.2) is 0 Å². The van der Waals surface area contributed by atoms with Crippen LogP contribution < -0.4 is 4.90 Å². The first kappa shape index (κ1) is 14.3. The normalized spacial score (nSPS) is 22.1. The van der Waals surface area contributed by atoms with E-state index in [9.17, 15) is 5.11 Å². The Hall–Kier alpha value is -1.09. The Morgan fingerprint density at radius 2 is 2.21 bits per heavy atom. The van der Waals surface area contributed by atoms with Crippen molar-refractivity contribution in [1.29, 1.82) is 0 Å². The van der Waals surface area contributed by atoms with Gasteiger partial charge in [-0.05, 0) is 44.2 Å². The molecule has 0 aromatic carbocycles. The van der Waals surface area contributed by atoms with E-state index in [1.807, 2.05) is 12.3 Å². The summed E-state index contributed by atoms with van der Waals surface area (Å²) in [6, 6.07) is 4.03. The third-order valence-electron chi connectivity index (χ3n) is 4.11. The number of aliphatic hydroxyl groups excluding tert-OH is 1. The smallest absolute Gasteiger partial charge is 0.0931 e. The van der Waals surface area contributed by atoms with Crippen LogP contribution >= 0.6 is 0 Å². The maximum absolute atomic E-state index is 9.49. The zero-order chi connectivity index (χ0) is 13.7. The van der Waals surface area contributed by atoms with Crippen LogP contribution in [-0.4, -0.2) is 23.2 Å². The van der Waals surface area contributed by atoms with Crippen molar-refractivity contribution in [2.45, 2.75) is 52.1 Å². The number of pyridine rings is 1. The quantitative estimate of drug-likeness (QED) is 0.901. The van der Waals surface area contributed by atoms with Crippen molar-refractivity contribution >= 4 is 5.69 Å². The van der Waals surface area contributed by atoms with Gasteiger partial charge in [-0.1, -0.05) is 19.8 Å². The first-order valence-corrected chi connectivity index (χ1v) is 7.59. The van der Waals surface area contributed by atoms with Crippen LogP contribution in [0, 0.1) is 5.92 Å². The molecule has 3 heteroatoms. The van der Waals surface area contributed by atoms with Gasteiger partial charge in [0.05, 0.1) is 23.7 Å². The Morgan fingerprint density at radius 1 is 1.37 bits per heavy atom. The van der Waals surface area contributed by atoms with E-state index in [-0.39, 0.29) is 0 Å². The van der Waals surface area contributed by atoms with Gasteiger partial charge in [0.2, 0.25) is 0 Å². The molecule has 1 saturated heterocycles. The van der Waals surface area contributed by atoms with Crippen molar-refractivity contribution in [3.63, 3.8) is 0 Å². The Kier molecular flexibility index (Phi) is 5.20. The lowest BCUT2D eigenvalue weighted by molar-refractivity contribution is 0.194.